The smallest absolute Gasteiger partial charge is 0.407 e. The number of fused-ring (bicyclic) bond motifs is 3. The Labute approximate surface area is 205 Å². The molecule has 0 spiro atoms. The number of ether oxygens (including phenoxy) is 1. The zero-order valence-electron chi connectivity index (χ0n) is 19.8. The Morgan fingerprint density at radius 3 is 2.23 bits per heavy atom. The first-order chi connectivity index (χ1) is 17.0. The number of rotatable bonds is 9. The predicted molar refractivity (Wildman–Crippen MR) is 133 cm³/mol. The summed E-state index contributed by atoms with van der Waals surface area (Å²) in [5, 5.41) is 11.6. The summed E-state index contributed by atoms with van der Waals surface area (Å²) in [5.41, 5.74) is 4.57. The Balaban J connectivity index is 1.33. The van der Waals surface area contributed by atoms with E-state index in [1.807, 2.05) is 24.3 Å². The van der Waals surface area contributed by atoms with Crippen molar-refractivity contribution in [2.45, 2.75) is 44.1 Å². The number of aliphatic carboxylic acids is 1. The van der Waals surface area contributed by atoms with Gasteiger partial charge in [-0.1, -0.05) is 54.6 Å². The Kier molecular flexibility index (Phi) is 7.85. The predicted octanol–water partition coefficient (Wildman–Crippen LogP) is 4.57. The second kappa shape index (κ2) is 11.2. The first-order valence-corrected chi connectivity index (χ1v) is 12.2. The number of likely N-dealkylation sites (tertiary alicyclic amines) is 1. The second-order valence-electron chi connectivity index (χ2n) is 9.25. The number of amides is 2. The molecule has 2 aliphatic rings. The number of alkyl carbamates (subject to hydrolysis) is 1. The van der Waals surface area contributed by atoms with Gasteiger partial charge in [0.1, 0.15) is 12.6 Å². The number of hydrogen-bond acceptors (Lipinski definition) is 4. The van der Waals surface area contributed by atoms with E-state index in [0.717, 1.165) is 35.1 Å². The molecular weight excluding hydrogens is 444 g/mol. The van der Waals surface area contributed by atoms with Crippen LogP contribution in [0.1, 0.15) is 49.1 Å². The molecule has 35 heavy (non-hydrogen) atoms. The highest BCUT2D eigenvalue weighted by Gasteiger charge is 2.31. The number of carbonyl (C=O) groups is 3. The molecule has 2 aromatic carbocycles. The average molecular weight is 477 g/mol. The third kappa shape index (κ3) is 5.73. The molecule has 1 fully saturated rings. The number of hydrogen-bond donors (Lipinski definition) is 2. The molecule has 0 aromatic heterocycles. The Hall–Kier alpha value is -3.61. The van der Waals surface area contributed by atoms with Crippen LogP contribution in [-0.2, 0) is 14.3 Å². The van der Waals surface area contributed by atoms with E-state index in [1.165, 1.54) is 0 Å². The van der Waals surface area contributed by atoms with Crippen molar-refractivity contribution in [1.82, 2.24) is 10.2 Å². The molecular formula is C28H32N2O5. The summed E-state index contributed by atoms with van der Waals surface area (Å²) in [6, 6.07) is 15.5. The van der Waals surface area contributed by atoms with Crippen LogP contribution in [0.2, 0.25) is 0 Å². The fourth-order valence-electron chi connectivity index (χ4n) is 5.16. The molecule has 2 N–H and O–H groups in total. The highest BCUT2D eigenvalue weighted by molar-refractivity contribution is 5.86. The highest BCUT2D eigenvalue weighted by atomic mass is 16.5. The first-order valence-electron chi connectivity index (χ1n) is 12.2. The number of piperidine rings is 1. The molecule has 4 rings (SSSR count). The Bertz CT molecular complexity index is 1040. The summed E-state index contributed by atoms with van der Waals surface area (Å²) in [5.74, 6) is -0.688. The largest absolute Gasteiger partial charge is 0.481 e. The normalized spacial score (nSPS) is 16.2. The van der Waals surface area contributed by atoms with Gasteiger partial charge in [0, 0.05) is 25.4 Å². The maximum Gasteiger partial charge on any atom is 0.407 e. The molecule has 1 heterocycles. The lowest BCUT2D eigenvalue weighted by atomic mass is 9.92. The van der Waals surface area contributed by atoms with E-state index in [0.29, 0.717) is 31.8 Å². The molecule has 1 aliphatic carbocycles. The van der Waals surface area contributed by atoms with Crippen LogP contribution in [0.15, 0.2) is 61.2 Å². The Morgan fingerprint density at radius 2 is 1.66 bits per heavy atom. The number of carboxylic acid groups (broad SMARTS) is 1. The molecule has 2 amide bonds. The summed E-state index contributed by atoms with van der Waals surface area (Å²) < 4.78 is 5.61. The second-order valence-corrected chi connectivity index (χ2v) is 9.25. The van der Waals surface area contributed by atoms with Gasteiger partial charge in [-0.15, -0.1) is 6.58 Å². The molecule has 1 unspecified atom stereocenters. The third-order valence-electron chi connectivity index (χ3n) is 7.03. The van der Waals surface area contributed by atoms with Crippen LogP contribution in [-0.4, -0.2) is 53.7 Å². The summed E-state index contributed by atoms with van der Waals surface area (Å²) in [4.78, 5) is 38.4. The molecule has 0 bridgehead atoms. The fourth-order valence-corrected chi connectivity index (χ4v) is 5.16. The van der Waals surface area contributed by atoms with E-state index in [1.54, 1.807) is 11.0 Å². The summed E-state index contributed by atoms with van der Waals surface area (Å²) in [7, 11) is 0. The van der Waals surface area contributed by atoms with Crippen molar-refractivity contribution in [3.8, 4) is 11.1 Å². The van der Waals surface area contributed by atoms with Crippen molar-refractivity contribution in [2.75, 3.05) is 19.7 Å². The standard InChI is InChI=1S/C28H32N2O5/c1-2-7-25(27(33)30-16-14-19(15-17-30)12-13-26(31)32)29-28(34)35-18-24-22-10-5-3-8-20(22)21-9-4-6-11-23(21)24/h2-6,8-11,19,24-25H,1,7,12-18H2,(H,29,34)(H,31,32). The van der Waals surface area contributed by atoms with Crippen LogP contribution >= 0.6 is 0 Å². The van der Waals surface area contributed by atoms with Crippen molar-refractivity contribution in [2.24, 2.45) is 5.92 Å². The molecule has 0 saturated carbocycles. The van der Waals surface area contributed by atoms with Crippen molar-refractivity contribution in [3.63, 3.8) is 0 Å². The third-order valence-corrected chi connectivity index (χ3v) is 7.03. The van der Waals surface area contributed by atoms with Gasteiger partial charge in [-0.3, -0.25) is 9.59 Å². The van der Waals surface area contributed by atoms with Crippen LogP contribution in [0.5, 0.6) is 0 Å². The topological polar surface area (TPSA) is 95.9 Å². The maximum absolute atomic E-state index is 13.1. The minimum absolute atomic E-state index is 0.0495. The maximum atomic E-state index is 13.1. The SMILES string of the molecule is C=CCC(NC(=O)OCC1c2ccccc2-c2ccccc21)C(=O)N1CCC(CCC(=O)O)CC1. The van der Waals surface area contributed by atoms with Crippen LogP contribution in [0, 0.1) is 5.92 Å². The quantitative estimate of drug-likeness (QED) is 0.517. The van der Waals surface area contributed by atoms with Gasteiger partial charge in [0.25, 0.3) is 0 Å². The van der Waals surface area contributed by atoms with Gasteiger partial charge >= 0.3 is 12.1 Å². The van der Waals surface area contributed by atoms with Crippen LogP contribution in [0.25, 0.3) is 11.1 Å². The van der Waals surface area contributed by atoms with Crippen molar-refractivity contribution in [3.05, 3.63) is 72.3 Å². The van der Waals surface area contributed by atoms with Crippen LogP contribution in [0.3, 0.4) is 0 Å². The molecule has 1 saturated heterocycles. The molecule has 1 atom stereocenters. The van der Waals surface area contributed by atoms with E-state index in [4.69, 9.17) is 9.84 Å². The van der Waals surface area contributed by atoms with E-state index >= 15 is 0 Å². The monoisotopic (exact) mass is 476 g/mol. The first kappa shape index (κ1) is 24.5. The lowest BCUT2D eigenvalue weighted by Crippen LogP contribution is -2.50. The molecule has 0 radical (unpaired) electrons. The number of carbonyl (C=O) groups excluding carboxylic acids is 2. The fraction of sp³-hybridized carbons (Fsp3) is 0.393. The number of nitrogens with one attached hydrogen (secondary N) is 1. The van der Waals surface area contributed by atoms with Gasteiger partial charge in [0.15, 0.2) is 0 Å². The molecule has 1 aliphatic heterocycles. The van der Waals surface area contributed by atoms with E-state index in [2.05, 4.69) is 36.2 Å². The van der Waals surface area contributed by atoms with Gasteiger partial charge in [-0.2, -0.15) is 0 Å². The lowest BCUT2D eigenvalue weighted by molar-refractivity contribution is -0.138. The molecule has 2 aromatic rings. The van der Waals surface area contributed by atoms with E-state index in [-0.39, 0.29) is 24.9 Å². The van der Waals surface area contributed by atoms with Crippen molar-refractivity contribution in [1.29, 1.82) is 0 Å². The number of carboxylic acids is 1. The van der Waals surface area contributed by atoms with Crippen molar-refractivity contribution < 1.29 is 24.2 Å². The number of nitrogens with zero attached hydrogens (tertiary/aromatic N) is 1. The molecule has 184 valence electrons. The molecule has 7 nitrogen and oxygen atoms in total. The van der Waals surface area contributed by atoms with E-state index in [9.17, 15) is 14.4 Å². The summed E-state index contributed by atoms with van der Waals surface area (Å²) in [6.07, 6.45) is 3.62. The zero-order valence-corrected chi connectivity index (χ0v) is 19.8. The van der Waals surface area contributed by atoms with Gasteiger partial charge in [0.2, 0.25) is 5.91 Å². The van der Waals surface area contributed by atoms with Gasteiger partial charge in [-0.25, -0.2) is 4.79 Å². The minimum atomic E-state index is -0.790. The zero-order chi connectivity index (χ0) is 24.8. The van der Waals surface area contributed by atoms with Crippen LogP contribution in [0.4, 0.5) is 4.79 Å². The van der Waals surface area contributed by atoms with Gasteiger partial charge in [-0.05, 0) is 53.9 Å². The number of benzene rings is 2. The minimum Gasteiger partial charge on any atom is -0.481 e. The van der Waals surface area contributed by atoms with Gasteiger partial charge in [0.05, 0.1) is 0 Å². The Morgan fingerprint density at radius 1 is 1.06 bits per heavy atom. The van der Waals surface area contributed by atoms with E-state index < -0.39 is 18.1 Å². The van der Waals surface area contributed by atoms with Gasteiger partial charge < -0.3 is 20.1 Å². The summed E-state index contributed by atoms with van der Waals surface area (Å²) >= 11 is 0. The summed E-state index contributed by atoms with van der Waals surface area (Å²) in [6.45, 7) is 5.03. The average Bonchev–Trinajstić information content (AvgIpc) is 3.19. The van der Waals surface area contributed by atoms with Crippen LogP contribution < -0.4 is 5.32 Å². The molecule has 7 heteroatoms. The lowest BCUT2D eigenvalue weighted by Gasteiger charge is -2.34. The van der Waals surface area contributed by atoms with Crippen molar-refractivity contribution >= 4 is 18.0 Å². The highest BCUT2D eigenvalue weighted by Crippen LogP contribution is 2.44.